The van der Waals surface area contributed by atoms with Crippen LogP contribution in [-0.4, -0.2) is 54.7 Å². The lowest BCUT2D eigenvalue weighted by Gasteiger charge is -2.27. The Hall–Kier alpha value is -3.34. The van der Waals surface area contributed by atoms with Crippen LogP contribution in [0.25, 0.3) is 0 Å². The molecular weight excluding hydrogens is 474 g/mol. The normalized spacial score (nSPS) is 16.2. The second-order valence-corrected chi connectivity index (χ2v) is 8.56. The molecule has 2 unspecified atom stereocenters. The number of carbonyl (C=O) groups is 4. The van der Waals surface area contributed by atoms with Crippen LogP contribution in [0, 0.1) is 5.92 Å². The Morgan fingerprint density at radius 2 is 1.56 bits per heavy atom. The van der Waals surface area contributed by atoms with Crippen LogP contribution in [0.2, 0.25) is 0 Å². The van der Waals surface area contributed by atoms with Gasteiger partial charge in [-0.05, 0) is 57.7 Å². The highest BCUT2D eigenvalue weighted by molar-refractivity contribution is 5.75. The molecule has 1 aromatic carbocycles. The summed E-state index contributed by atoms with van der Waals surface area (Å²) in [7, 11) is 0. The molecule has 1 saturated carbocycles. The summed E-state index contributed by atoms with van der Waals surface area (Å²) in [6.45, 7) is 4.98. The van der Waals surface area contributed by atoms with Crippen molar-refractivity contribution in [3.63, 3.8) is 0 Å². The fourth-order valence-electron chi connectivity index (χ4n) is 4.09. The number of aliphatic carboxylic acids is 1. The molecule has 2 rings (SSSR count). The molecule has 0 aliphatic heterocycles. The first-order valence-electron chi connectivity index (χ1n) is 12.2. The summed E-state index contributed by atoms with van der Waals surface area (Å²) in [5.74, 6) is -2.85. The monoisotopic (exact) mass is 509 g/mol. The second-order valence-electron chi connectivity index (χ2n) is 8.56. The van der Waals surface area contributed by atoms with Crippen LogP contribution in [-0.2, 0) is 23.8 Å². The van der Waals surface area contributed by atoms with Gasteiger partial charge < -0.3 is 34.5 Å². The Labute approximate surface area is 210 Å². The lowest BCUT2D eigenvalue weighted by Crippen LogP contribution is -2.38. The van der Waals surface area contributed by atoms with E-state index in [2.05, 4.69) is 0 Å². The van der Waals surface area contributed by atoms with E-state index in [0.717, 1.165) is 32.1 Å². The van der Waals surface area contributed by atoms with E-state index in [1.165, 1.54) is 18.2 Å². The van der Waals surface area contributed by atoms with Crippen LogP contribution < -0.4 is 15.2 Å². The third-order valence-corrected chi connectivity index (χ3v) is 5.87. The van der Waals surface area contributed by atoms with E-state index < -0.39 is 36.3 Å². The van der Waals surface area contributed by atoms with E-state index >= 15 is 0 Å². The van der Waals surface area contributed by atoms with Crippen molar-refractivity contribution >= 4 is 24.2 Å². The van der Waals surface area contributed by atoms with Gasteiger partial charge in [-0.25, -0.2) is 9.59 Å². The van der Waals surface area contributed by atoms with Crippen LogP contribution in [0.1, 0.15) is 70.8 Å². The minimum absolute atomic E-state index is 0.0446. The van der Waals surface area contributed by atoms with Gasteiger partial charge in [-0.15, -0.1) is 0 Å². The molecule has 3 N–H and O–H groups in total. The molecule has 200 valence electrons. The SMILES string of the molecule is CCOC(=O)Oc1ccc(C(CC(C)OC(=O)C2CCCCC2)[C@H](N)C(=O)O)cc1OC(=O)OCC. The molecule has 0 saturated heterocycles. The predicted octanol–water partition coefficient (Wildman–Crippen LogP) is 4.15. The molecule has 0 bridgehead atoms. The number of carbonyl (C=O) groups excluding carboxylic acids is 3. The molecule has 0 radical (unpaired) electrons. The number of carboxylic acid groups (broad SMARTS) is 1. The fourth-order valence-corrected chi connectivity index (χ4v) is 4.09. The van der Waals surface area contributed by atoms with Gasteiger partial charge in [0.25, 0.3) is 0 Å². The van der Waals surface area contributed by atoms with E-state index in [4.69, 9.17) is 29.4 Å². The van der Waals surface area contributed by atoms with E-state index in [9.17, 15) is 24.3 Å². The number of esters is 1. The standard InChI is InChI=1S/C25H35NO10/c1-4-32-24(30)35-19-12-11-17(14-20(19)36-25(31)33-5-2)18(21(26)22(27)28)13-15(3)34-23(29)16-9-7-6-8-10-16/h11-12,14-16,18,21H,4-10,13,26H2,1-3H3,(H,27,28)/t15?,18?,21-/m0/s1. The Morgan fingerprint density at radius 3 is 2.11 bits per heavy atom. The predicted molar refractivity (Wildman–Crippen MR) is 127 cm³/mol. The zero-order valence-electron chi connectivity index (χ0n) is 20.9. The van der Waals surface area contributed by atoms with E-state index in [1.807, 2.05) is 0 Å². The van der Waals surface area contributed by atoms with Crippen LogP contribution in [0.5, 0.6) is 11.5 Å². The molecule has 0 spiro atoms. The van der Waals surface area contributed by atoms with Gasteiger partial charge in [0, 0.05) is 5.92 Å². The average Bonchev–Trinajstić information content (AvgIpc) is 2.84. The number of ether oxygens (including phenoxy) is 5. The highest BCUT2D eigenvalue weighted by Gasteiger charge is 2.31. The van der Waals surface area contributed by atoms with Gasteiger partial charge in [-0.2, -0.15) is 0 Å². The van der Waals surface area contributed by atoms with Crippen LogP contribution in [0.4, 0.5) is 9.59 Å². The summed E-state index contributed by atoms with van der Waals surface area (Å²) in [4.78, 5) is 48.1. The highest BCUT2D eigenvalue weighted by atomic mass is 16.7. The van der Waals surface area contributed by atoms with Crippen molar-refractivity contribution in [1.29, 1.82) is 0 Å². The lowest BCUT2D eigenvalue weighted by molar-refractivity contribution is -0.155. The quantitative estimate of drug-likeness (QED) is 0.250. The molecule has 1 aliphatic rings. The van der Waals surface area contributed by atoms with Gasteiger partial charge in [0.15, 0.2) is 11.5 Å². The smallest absolute Gasteiger partial charge is 0.480 e. The molecule has 0 amide bonds. The Morgan fingerprint density at radius 1 is 0.972 bits per heavy atom. The maximum atomic E-state index is 12.6. The van der Waals surface area contributed by atoms with Crippen molar-refractivity contribution in [2.75, 3.05) is 13.2 Å². The molecule has 1 fully saturated rings. The van der Waals surface area contributed by atoms with Crippen LogP contribution in [0.15, 0.2) is 18.2 Å². The van der Waals surface area contributed by atoms with Gasteiger partial charge >= 0.3 is 24.2 Å². The summed E-state index contributed by atoms with van der Waals surface area (Å²) in [5, 5.41) is 9.61. The first-order valence-corrected chi connectivity index (χ1v) is 12.2. The zero-order valence-corrected chi connectivity index (χ0v) is 20.9. The Kier molecular flexibility index (Phi) is 11.5. The largest absolute Gasteiger partial charge is 0.513 e. The molecule has 1 aromatic rings. The third-order valence-electron chi connectivity index (χ3n) is 5.87. The van der Waals surface area contributed by atoms with Gasteiger partial charge in [-0.1, -0.05) is 25.3 Å². The molecule has 11 nitrogen and oxygen atoms in total. The fraction of sp³-hybridized carbons (Fsp3) is 0.600. The summed E-state index contributed by atoms with van der Waals surface area (Å²) in [6.07, 6.45) is 2.02. The van der Waals surface area contributed by atoms with Crippen molar-refractivity contribution in [2.24, 2.45) is 11.7 Å². The van der Waals surface area contributed by atoms with Crippen molar-refractivity contribution in [3.05, 3.63) is 23.8 Å². The zero-order chi connectivity index (χ0) is 26.7. The molecule has 36 heavy (non-hydrogen) atoms. The number of carboxylic acids is 1. The Bertz CT molecular complexity index is 912. The summed E-state index contributed by atoms with van der Waals surface area (Å²) in [5.41, 5.74) is 6.37. The minimum atomic E-state index is -1.35. The topological polar surface area (TPSA) is 161 Å². The molecular formula is C25H35NO10. The maximum absolute atomic E-state index is 12.6. The summed E-state index contributed by atoms with van der Waals surface area (Å²) in [6, 6.07) is 2.82. The highest BCUT2D eigenvalue weighted by Crippen LogP contribution is 2.35. The first-order chi connectivity index (χ1) is 17.2. The van der Waals surface area contributed by atoms with Crippen molar-refractivity contribution in [2.45, 2.75) is 77.4 Å². The Balaban J connectivity index is 2.29. The number of hydrogen-bond donors (Lipinski definition) is 2. The van der Waals surface area contributed by atoms with E-state index in [1.54, 1.807) is 20.8 Å². The molecule has 1 aliphatic carbocycles. The molecule has 0 aromatic heterocycles. The molecule has 0 heterocycles. The lowest BCUT2D eigenvalue weighted by atomic mass is 9.86. The van der Waals surface area contributed by atoms with Crippen LogP contribution in [0.3, 0.4) is 0 Å². The van der Waals surface area contributed by atoms with Gasteiger partial charge in [0.1, 0.15) is 6.04 Å². The van der Waals surface area contributed by atoms with Crippen molar-refractivity contribution in [1.82, 2.24) is 0 Å². The number of benzene rings is 1. The minimum Gasteiger partial charge on any atom is -0.480 e. The van der Waals surface area contributed by atoms with E-state index in [-0.39, 0.29) is 43.0 Å². The number of rotatable bonds is 11. The first kappa shape index (κ1) is 28.9. The summed E-state index contributed by atoms with van der Waals surface area (Å²) >= 11 is 0. The molecule has 11 heteroatoms. The second kappa shape index (κ2) is 14.3. The number of nitrogens with two attached hydrogens (primary N) is 1. The third kappa shape index (κ3) is 8.71. The van der Waals surface area contributed by atoms with E-state index in [0.29, 0.717) is 5.56 Å². The molecule has 3 atom stereocenters. The maximum Gasteiger partial charge on any atom is 0.513 e. The number of hydrogen-bond acceptors (Lipinski definition) is 10. The van der Waals surface area contributed by atoms with Gasteiger partial charge in [0.05, 0.1) is 25.2 Å². The summed E-state index contributed by atoms with van der Waals surface area (Å²) < 4.78 is 25.5. The van der Waals surface area contributed by atoms with Crippen LogP contribution >= 0.6 is 0 Å². The van der Waals surface area contributed by atoms with Gasteiger partial charge in [0.2, 0.25) is 0 Å². The van der Waals surface area contributed by atoms with Crippen molar-refractivity contribution < 1.29 is 48.0 Å². The average molecular weight is 510 g/mol. The van der Waals surface area contributed by atoms with Gasteiger partial charge in [-0.3, -0.25) is 9.59 Å². The van der Waals surface area contributed by atoms with Crippen molar-refractivity contribution in [3.8, 4) is 11.5 Å².